The highest BCUT2D eigenvalue weighted by Crippen LogP contribution is 2.32. The van der Waals surface area contributed by atoms with E-state index in [0.29, 0.717) is 39.4 Å². The summed E-state index contributed by atoms with van der Waals surface area (Å²) in [4.78, 5) is 28.3. The van der Waals surface area contributed by atoms with Crippen molar-refractivity contribution in [1.82, 2.24) is 20.5 Å². The van der Waals surface area contributed by atoms with Crippen molar-refractivity contribution >= 4 is 34.7 Å². The number of fused-ring (bicyclic) bond motifs is 1. The molecule has 0 fully saturated rings. The molecule has 0 saturated carbocycles. The molecule has 31 heavy (non-hydrogen) atoms. The van der Waals surface area contributed by atoms with E-state index >= 15 is 0 Å². The number of amides is 1. The van der Waals surface area contributed by atoms with Crippen LogP contribution in [0.2, 0.25) is 0 Å². The van der Waals surface area contributed by atoms with Crippen molar-refractivity contribution in [3.8, 4) is 5.75 Å². The van der Waals surface area contributed by atoms with Gasteiger partial charge in [-0.25, -0.2) is 0 Å². The van der Waals surface area contributed by atoms with Crippen LogP contribution in [0, 0.1) is 0 Å². The van der Waals surface area contributed by atoms with E-state index in [1.807, 2.05) is 18.2 Å². The number of nitrogens with one attached hydrogen (secondary N) is 2. The molecule has 0 bridgehead atoms. The summed E-state index contributed by atoms with van der Waals surface area (Å²) >= 11 is 0. The summed E-state index contributed by atoms with van der Waals surface area (Å²) in [5.41, 5.74) is 2.98. The quantitative estimate of drug-likeness (QED) is 0.443. The van der Waals surface area contributed by atoms with E-state index in [1.54, 1.807) is 42.8 Å². The summed E-state index contributed by atoms with van der Waals surface area (Å²) in [6, 6.07) is 10.5. The Kier molecular flexibility index (Phi) is 5.61. The number of aromatic amines is 1. The molecule has 1 amide bonds. The van der Waals surface area contributed by atoms with Gasteiger partial charge in [0.05, 0.1) is 42.1 Å². The number of hydrogen-bond acceptors (Lipinski definition) is 6. The monoisotopic (exact) mass is 416 g/mol. The van der Waals surface area contributed by atoms with Crippen LogP contribution in [0.1, 0.15) is 44.8 Å². The molecule has 4 aromatic rings. The van der Waals surface area contributed by atoms with Crippen LogP contribution in [0.5, 0.6) is 5.75 Å². The Morgan fingerprint density at radius 2 is 2.06 bits per heavy atom. The first kappa shape index (κ1) is 20.1. The molecule has 0 atom stereocenters. The molecule has 0 aliphatic rings. The number of ether oxygens (including phenoxy) is 1. The number of hydrogen-bond donors (Lipinski definition) is 2. The van der Waals surface area contributed by atoms with E-state index in [1.165, 1.54) is 14.0 Å². The minimum Gasteiger partial charge on any atom is -0.495 e. The zero-order chi connectivity index (χ0) is 21.8. The molecule has 0 saturated heterocycles. The third-order valence-corrected chi connectivity index (χ3v) is 4.74. The Hall–Kier alpha value is -4.20. The standard InChI is InChI=1S/C23H20N4O4/c1-14(28)18-8-5-15(12-24-18)6-9-19-21-20(27-26-19)10-7-17(22(21)30-2)23(29)25-13-16-4-3-11-31-16/h3-12H,13H2,1-2H3,(H,25,29)(H,26,27)/b9-6+. The normalized spacial score (nSPS) is 11.2. The van der Waals surface area contributed by atoms with Gasteiger partial charge in [0.1, 0.15) is 17.2 Å². The minimum atomic E-state index is -0.282. The lowest BCUT2D eigenvalue weighted by Crippen LogP contribution is -2.23. The van der Waals surface area contributed by atoms with Gasteiger partial charge in [-0.15, -0.1) is 0 Å². The van der Waals surface area contributed by atoms with E-state index in [9.17, 15) is 9.59 Å². The molecule has 1 aromatic carbocycles. The van der Waals surface area contributed by atoms with Gasteiger partial charge in [-0.2, -0.15) is 5.10 Å². The smallest absolute Gasteiger partial charge is 0.255 e. The number of Topliss-reactive ketones (excluding diaryl/α,β-unsaturated/α-hetero) is 1. The Balaban J connectivity index is 1.63. The Labute approximate surface area is 177 Å². The molecule has 4 rings (SSSR count). The first-order chi connectivity index (χ1) is 15.1. The summed E-state index contributed by atoms with van der Waals surface area (Å²) < 4.78 is 10.8. The van der Waals surface area contributed by atoms with Crippen molar-refractivity contribution in [3.05, 3.63) is 77.1 Å². The summed E-state index contributed by atoms with van der Waals surface area (Å²) in [6.07, 6.45) is 6.84. The number of aromatic nitrogens is 3. The summed E-state index contributed by atoms with van der Waals surface area (Å²) in [6.45, 7) is 1.75. The van der Waals surface area contributed by atoms with E-state index in [2.05, 4.69) is 20.5 Å². The number of carbonyl (C=O) groups is 2. The third kappa shape index (κ3) is 4.23. The van der Waals surface area contributed by atoms with E-state index in [0.717, 1.165) is 5.56 Å². The van der Waals surface area contributed by atoms with Gasteiger partial charge >= 0.3 is 0 Å². The van der Waals surface area contributed by atoms with Crippen LogP contribution >= 0.6 is 0 Å². The van der Waals surface area contributed by atoms with Gasteiger partial charge in [0.15, 0.2) is 5.78 Å². The number of benzene rings is 1. The number of carbonyl (C=O) groups excluding carboxylic acids is 2. The van der Waals surface area contributed by atoms with Gasteiger partial charge in [0.25, 0.3) is 5.91 Å². The largest absolute Gasteiger partial charge is 0.495 e. The van der Waals surface area contributed by atoms with Crippen molar-refractivity contribution in [2.75, 3.05) is 7.11 Å². The first-order valence-corrected chi connectivity index (χ1v) is 9.57. The number of ketones is 1. The van der Waals surface area contributed by atoms with Gasteiger partial charge in [-0.1, -0.05) is 12.1 Å². The molecular formula is C23H20N4O4. The number of methoxy groups -OCH3 is 1. The van der Waals surface area contributed by atoms with Crippen molar-refractivity contribution in [2.45, 2.75) is 13.5 Å². The van der Waals surface area contributed by atoms with Crippen molar-refractivity contribution in [2.24, 2.45) is 0 Å². The number of pyridine rings is 1. The number of furan rings is 1. The fourth-order valence-electron chi connectivity index (χ4n) is 3.18. The maximum atomic E-state index is 12.7. The Morgan fingerprint density at radius 3 is 2.74 bits per heavy atom. The molecule has 0 spiro atoms. The molecule has 2 N–H and O–H groups in total. The second-order valence-corrected chi connectivity index (χ2v) is 6.81. The van der Waals surface area contributed by atoms with E-state index < -0.39 is 0 Å². The van der Waals surface area contributed by atoms with Gasteiger partial charge in [-0.05, 0) is 42.0 Å². The van der Waals surface area contributed by atoms with Crippen molar-refractivity contribution < 1.29 is 18.7 Å². The first-order valence-electron chi connectivity index (χ1n) is 9.57. The topological polar surface area (TPSA) is 110 Å². The summed E-state index contributed by atoms with van der Waals surface area (Å²) in [5.74, 6) is 0.714. The molecular weight excluding hydrogens is 396 g/mol. The zero-order valence-electron chi connectivity index (χ0n) is 17.0. The molecule has 156 valence electrons. The fourth-order valence-corrected chi connectivity index (χ4v) is 3.18. The lowest BCUT2D eigenvalue weighted by Gasteiger charge is -2.10. The SMILES string of the molecule is COc1c(C(=O)NCc2ccco2)ccc2n[nH]c(/C=C/c3ccc(C(C)=O)nc3)c12. The number of rotatable bonds is 7. The average Bonchev–Trinajstić information content (AvgIpc) is 3.45. The second kappa shape index (κ2) is 8.66. The molecule has 0 radical (unpaired) electrons. The number of H-pyrrole nitrogens is 1. The van der Waals surface area contributed by atoms with Crippen molar-refractivity contribution in [3.63, 3.8) is 0 Å². The van der Waals surface area contributed by atoms with Crippen LogP contribution in [-0.4, -0.2) is 34.0 Å². The second-order valence-electron chi connectivity index (χ2n) is 6.81. The van der Waals surface area contributed by atoms with Crippen molar-refractivity contribution in [1.29, 1.82) is 0 Å². The molecule has 0 aliphatic heterocycles. The molecule has 3 heterocycles. The maximum Gasteiger partial charge on any atom is 0.255 e. The summed E-state index contributed by atoms with van der Waals surface area (Å²) in [7, 11) is 1.52. The molecule has 3 aromatic heterocycles. The average molecular weight is 416 g/mol. The molecule has 8 nitrogen and oxygen atoms in total. The highest BCUT2D eigenvalue weighted by molar-refractivity contribution is 6.05. The van der Waals surface area contributed by atoms with E-state index in [4.69, 9.17) is 9.15 Å². The number of nitrogens with zero attached hydrogens (tertiary/aromatic N) is 2. The highest BCUT2D eigenvalue weighted by atomic mass is 16.5. The Bertz CT molecular complexity index is 1250. The van der Waals surface area contributed by atoms with Crippen LogP contribution in [0.15, 0.2) is 53.3 Å². The predicted octanol–water partition coefficient (Wildman–Crippen LogP) is 3.86. The molecule has 0 aliphatic carbocycles. The van der Waals surface area contributed by atoms with Crippen LogP contribution in [0.3, 0.4) is 0 Å². The molecule has 0 unspecified atom stereocenters. The zero-order valence-corrected chi connectivity index (χ0v) is 17.0. The predicted molar refractivity (Wildman–Crippen MR) is 116 cm³/mol. The Morgan fingerprint density at radius 1 is 1.19 bits per heavy atom. The molecule has 8 heteroatoms. The third-order valence-electron chi connectivity index (χ3n) is 4.74. The lowest BCUT2D eigenvalue weighted by molar-refractivity contribution is 0.0944. The van der Waals surface area contributed by atoms with Crippen LogP contribution in [-0.2, 0) is 6.54 Å². The highest BCUT2D eigenvalue weighted by Gasteiger charge is 2.19. The maximum absolute atomic E-state index is 12.7. The van der Waals surface area contributed by atoms with Gasteiger partial charge in [0.2, 0.25) is 0 Å². The fraction of sp³-hybridized carbons (Fsp3) is 0.130. The van der Waals surface area contributed by atoms with E-state index in [-0.39, 0.29) is 18.2 Å². The van der Waals surface area contributed by atoms with Crippen LogP contribution in [0.4, 0.5) is 0 Å². The van der Waals surface area contributed by atoms with Crippen LogP contribution in [0.25, 0.3) is 23.1 Å². The minimum absolute atomic E-state index is 0.0855. The van der Waals surface area contributed by atoms with Gasteiger partial charge in [0, 0.05) is 13.1 Å². The van der Waals surface area contributed by atoms with Gasteiger partial charge < -0.3 is 14.5 Å². The summed E-state index contributed by atoms with van der Waals surface area (Å²) in [5, 5.41) is 10.8. The lowest BCUT2D eigenvalue weighted by atomic mass is 10.1. The van der Waals surface area contributed by atoms with Gasteiger partial charge in [-0.3, -0.25) is 19.7 Å². The van der Waals surface area contributed by atoms with Crippen LogP contribution < -0.4 is 10.1 Å².